The Hall–Kier alpha value is -1.08. The van der Waals surface area contributed by atoms with Crippen molar-refractivity contribution in [3.8, 4) is 0 Å². The van der Waals surface area contributed by atoms with Gasteiger partial charge in [0, 0.05) is 25.2 Å². The van der Waals surface area contributed by atoms with Crippen molar-refractivity contribution in [1.29, 1.82) is 0 Å². The minimum absolute atomic E-state index is 0.205. The second kappa shape index (κ2) is 6.36. The molecular formula is C14H23F3N4. The number of aryl methyl sites for hydroxylation is 2. The molecule has 0 radical (unpaired) electrons. The van der Waals surface area contributed by atoms with Crippen LogP contribution in [0.5, 0.6) is 0 Å². The van der Waals surface area contributed by atoms with E-state index < -0.39 is 18.0 Å². The van der Waals surface area contributed by atoms with E-state index in [0.29, 0.717) is 19.3 Å². The van der Waals surface area contributed by atoms with Crippen LogP contribution in [0.15, 0.2) is 6.07 Å². The van der Waals surface area contributed by atoms with Gasteiger partial charge in [-0.05, 0) is 31.7 Å². The zero-order valence-electron chi connectivity index (χ0n) is 12.5. The van der Waals surface area contributed by atoms with Gasteiger partial charge in [-0.15, -0.1) is 0 Å². The van der Waals surface area contributed by atoms with Crippen LogP contribution in [0.25, 0.3) is 0 Å². The van der Waals surface area contributed by atoms with Gasteiger partial charge in [0.15, 0.2) is 0 Å². The molecule has 1 fully saturated rings. The fourth-order valence-electron chi connectivity index (χ4n) is 3.46. The van der Waals surface area contributed by atoms with Gasteiger partial charge in [-0.1, -0.05) is 12.8 Å². The molecule has 1 saturated carbocycles. The number of nitrogens with two attached hydrogens (primary N) is 1. The van der Waals surface area contributed by atoms with E-state index in [9.17, 15) is 13.2 Å². The Morgan fingerprint density at radius 1 is 1.43 bits per heavy atom. The number of hydrogen-bond acceptors (Lipinski definition) is 3. The van der Waals surface area contributed by atoms with Crippen LogP contribution in [0.2, 0.25) is 0 Å². The first-order chi connectivity index (χ1) is 9.82. The van der Waals surface area contributed by atoms with Crippen molar-refractivity contribution < 1.29 is 13.2 Å². The predicted molar refractivity (Wildman–Crippen MR) is 74.3 cm³/mol. The second-order valence-electron chi connectivity index (χ2n) is 5.97. The number of aromatic nitrogens is 2. The molecule has 1 aliphatic rings. The van der Waals surface area contributed by atoms with Crippen molar-refractivity contribution in [2.24, 2.45) is 24.7 Å². The highest BCUT2D eigenvalue weighted by molar-refractivity contribution is 5.10. The first kappa shape index (κ1) is 16.3. The maximum atomic E-state index is 13.2. The van der Waals surface area contributed by atoms with Crippen LogP contribution in [0, 0.1) is 18.8 Å². The fourth-order valence-corrected chi connectivity index (χ4v) is 3.46. The van der Waals surface area contributed by atoms with Gasteiger partial charge in [0.05, 0.1) is 11.6 Å². The number of rotatable bonds is 4. The van der Waals surface area contributed by atoms with Gasteiger partial charge in [-0.25, -0.2) is 0 Å². The lowest BCUT2D eigenvalue weighted by atomic mass is 9.74. The third-order valence-electron chi connectivity index (χ3n) is 4.50. The Bertz CT molecular complexity index is 469. The van der Waals surface area contributed by atoms with E-state index in [-0.39, 0.29) is 12.5 Å². The molecule has 120 valence electrons. The van der Waals surface area contributed by atoms with E-state index in [1.165, 1.54) is 0 Å². The largest absolute Gasteiger partial charge is 0.392 e. The highest BCUT2D eigenvalue weighted by Crippen LogP contribution is 2.43. The maximum absolute atomic E-state index is 13.2. The summed E-state index contributed by atoms with van der Waals surface area (Å²) in [5.74, 6) is 3.83. The summed E-state index contributed by atoms with van der Waals surface area (Å²) in [6, 6.07) is 1.52. The summed E-state index contributed by atoms with van der Waals surface area (Å²) in [5.41, 5.74) is 4.38. The van der Waals surface area contributed by atoms with Crippen LogP contribution in [-0.4, -0.2) is 22.0 Å². The monoisotopic (exact) mass is 304 g/mol. The Morgan fingerprint density at radius 3 is 2.62 bits per heavy atom. The first-order valence-corrected chi connectivity index (χ1v) is 7.35. The van der Waals surface area contributed by atoms with Crippen molar-refractivity contribution in [3.63, 3.8) is 0 Å². The standard InChI is InChI=1S/C14H23F3N4/c1-9-7-10(21(2)20-9)8-13(19-18)11-5-3-4-6-12(11)14(15,16)17/h7,11-13,19H,3-6,8,18H2,1-2H3. The van der Waals surface area contributed by atoms with E-state index >= 15 is 0 Å². The average molecular weight is 304 g/mol. The minimum atomic E-state index is -4.15. The molecule has 1 aliphatic carbocycles. The highest BCUT2D eigenvalue weighted by atomic mass is 19.4. The topological polar surface area (TPSA) is 55.9 Å². The van der Waals surface area contributed by atoms with Gasteiger partial charge in [-0.3, -0.25) is 16.0 Å². The molecule has 7 heteroatoms. The van der Waals surface area contributed by atoms with E-state index in [0.717, 1.165) is 17.8 Å². The molecular weight excluding hydrogens is 281 g/mol. The lowest BCUT2D eigenvalue weighted by Gasteiger charge is -2.37. The van der Waals surface area contributed by atoms with E-state index in [2.05, 4.69) is 10.5 Å². The molecule has 3 N–H and O–H groups in total. The summed E-state index contributed by atoms with van der Waals surface area (Å²) in [7, 11) is 1.80. The Balaban J connectivity index is 2.16. The van der Waals surface area contributed by atoms with Crippen molar-refractivity contribution in [2.45, 2.75) is 51.2 Å². The lowest BCUT2D eigenvalue weighted by molar-refractivity contribution is -0.199. The smallest absolute Gasteiger partial charge is 0.272 e. The van der Waals surface area contributed by atoms with Crippen LogP contribution in [-0.2, 0) is 13.5 Å². The van der Waals surface area contributed by atoms with Gasteiger partial charge in [0.2, 0.25) is 0 Å². The Morgan fingerprint density at radius 2 is 2.10 bits per heavy atom. The Kier molecular flexibility index (Phi) is 4.93. The summed E-state index contributed by atoms with van der Waals surface area (Å²) in [4.78, 5) is 0. The molecule has 3 unspecified atom stereocenters. The number of alkyl halides is 3. The van der Waals surface area contributed by atoms with Gasteiger partial charge in [-0.2, -0.15) is 18.3 Å². The second-order valence-corrected chi connectivity index (χ2v) is 5.97. The summed E-state index contributed by atoms with van der Waals surface area (Å²) in [5, 5.41) is 4.24. The van der Waals surface area contributed by atoms with Gasteiger partial charge >= 0.3 is 6.18 Å². The number of nitrogens with one attached hydrogen (secondary N) is 1. The molecule has 0 saturated heterocycles. The molecule has 3 atom stereocenters. The van der Waals surface area contributed by atoms with Gasteiger partial charge in [0.25, 0.3) is 0 Å². The molecule has 2 rings (SSSR count). The molecule has 1 aromatic rings. The number of halogens is 3. The van der Waals surface area contributed by atoms with Crippen LogP contribution >= 0.6 is 0 Å². The van der Waals surface area contributed by atoms with Crippen LogP contribution in [0.4, 0.5) is 13.2 Å². The Labute approximate surface area is 122 Å². The molecule has 0 amide bonds. The molecule has 0 aromatic carbocycles. The zero-order chi connectivity index (χ0) is 15.6. The summed E-state index contributed by atoms with van der Waals surface area (Å²) < 4.78 is 41.4. The molecule has 1 aromatic heterocycles. The van der Waals surface area contributed by atoms with Crippen molar-refractivity contribution >= 4 is 0 Å². The maximum Gasteiger partial charge on any atom is 0.392 e. The molecule has 0 aliphatic heterocycles. The first-order valence-electron chi connectivity index (χ1n) is 7.35. The number of hydrogen-bond donors (Lipinski definition) is 2. The van der Waals surface area contributed by atoms with Crippen LogP contribution < -0.4 is 11.3 Å². The zero-order valence-corrected chi connectivity index (χ0v) is 12.5. The number of hydrazine groups is 1. The average Bonchev–Trinajstić information content (AvgIpc) is 2.73. The van der Waals surface area contributed by atoms with Crippen molar-refractivity contribution in [3.05, 3.63) is 17.5 Å². The fraction of sp³-hybridized carbons (Fsp3) is 0.786. The SMILES string of the molecule is Cc1cc(CC(NN)C2CCCCC2C(F)(F)F)n(C)n1. The summed E-state index contributed by atoms with van der Waals surface area (Å²) in [6.45, 7) is 1.87. The summed E-state index contributed by atoms with van der Waals surface area (Å²) in [6.07, 6.45) is -1.44. The molecule has 0 bridgehead atoms. The van der Waals surface area contributed by atoms with Gasteiger partial charge in [0.1, 0.15) is 0 Å². The van der Waals surface area contributed by atoms with Crippen molar-refractivity contribution in [2.75, 3.05) is 0 Å². The number of nitrogens with zero attached hydrogens (tertiary/aromatic N) is 2. The van der Waals surface area contributed by atoms with Crippen LogP contribution in [0.3, 0.4) is 0 Å². The highest BCUT2D eigenvalue weighted by Gasteiger charge is 2.47. The quantitative estimate of drug-likeness (QED) is 0.664. The predicted octanol–water partition coefficient (Wildman–Crippen LogP) is 2.47. The van der Waals surface area contributed by atoms with E-state index in [1.807, 2.05) is 13.0 Å². The molecule has 21 heavy (non-hydrogen) atoms. The van der Waals surface area contributed by atoms with Crippen LogP contribution in [0.1, 0.15) is 37.1 Å². The third-order valence-corrected chi connectivity index (χ3v) is 4.50. The molecule has 4 nitrogen and oxygen atoms in total. The summed E-state index contributed by atoms with van der Waals surface area (Å²) >= 11 is 0. The van der Waals surface area contributed by atoms with E-state index in [1.54, 1.807) is 11.7 Å². The lowest BCUT2D eigenvalue weighted by Crippen LogP contribution is -2.49. The molecule has 0 spiro atoms. The molecule has 1 heterocycles. The van der Waals surface area contributed by atoms with E-state index in [4.69, 9.17) is 5.84 Å². The van der Waals surface area contributed by atoms with Gasteiger partial charge < -0.3 is 0 Å². The normalized spacial score (nSPS) is 25.0. The minimum Gasteiger partial charge on any atom is -0.272 e. The van der Waals surface area contributed by atoms with Crippen molar-refractivity contribution in [1.82, 2.24) is 15.2 Å². The third kappa shape index (κ3) is 3.77.